The molecule has 0 N–H and O–H groups in total. The first-order chi connectivity index (χ1) is 23.6. The lowest BCUT2D eigenvalue weighted by molar-refractivity contribution is 0.582. The lowest BCUT2D eigenvalue weighted by atomic mass is 10.0. The Balaban J connectivity index is 1.32. The van der Waals surface area contributed by atoms with Crippen molar-refractivity contribution in [2.45, 2.75) is 67.2 Å². The zero-order valence-electron chi connectivity index (χ0n) is 28.5. The Bertz CT molecular complexity index is 2160. The predicted octanol–water partition coefficient (Wildman–Crippen LogP) is 12.5. The zero-order chi connectivity index (χ0) is 34.4. The first-order valence-electron chi connectivity index (χ1n) is 16.8. The molecule has 0 bridgehead atoms. The number of nitrogens with zero attached hydrogens (tertiary/aromatic N) is 4. The average molecular weight is 709 g/mol. The highest BCUT2D eigenvalue weighted by molar-refractivity contribution is 7.19. The number of fused-ring (bicyclic) bond motifs is 2. The maximum absolute atomic E-state index is 15.4. The summed E-state index contributed by atoms with van der Waals surface area (Å²) in [6, 6.07) is 19.2. The van der Waals surface area contributed by atoms with E-state index in [1.54, 1.807) is 12.1 Å². The maximum atomic E-state index is 15.4. The van der Waals surface area contributed by atoms with Crippen molar-refractivity contribution in [3.05, 3.63) is 94.8 Å². The van der Waals surface area contributed by atoms with E-state index in [-0.39, 0.29) is 11.6 Å². The van der Waals surface area contributed by atoms with Crippen LogP contribution in [0.1, 0.15) is 63.1 Å². The lowest BCUT2D eigenvalue weighted by Crippen LogP contribution is -1.98. The van der Waals surface area contributed by atoms with Crippen LogP contribution in [0.5, 0.6) is 0 Å². The zero-order valence-corrected chi connectivity index (χ0v) is 31.0. The molecule has 250 valence electrons. The summed E-state index contributed by atoms with van der Waals surface area (Å²) in [7, 11) is 0. The second-order valence-corrected chi connectivity index (χ2v) is 16.3. The van der Waals surface area contributed by atoms with Gasteiger partial charge in [0.25, 0.3) is 0 Å². The van der Waals surface area contributed by atoms with Crippen LogP contribution in [-0.4, -0.2) is 18.7 Å². The van der Waals surface area contributed by atoms with Gasteiger partial charge in [-0.2, -0.15) is 8.75 Å². The van der Waals surface area contributed by atoms with Gasteiger partial charge in [-0.05, 0) is 98.9 Å². The molecule has 0 radical (unpaired) electrons. The molecule has 4 nitrogen and oxygen atoms in total. The molecular formula is C40H38F2N4S3. The van der Waals surface area contributed by atoms with E-state index in [9.17, 15) is 0 Å². The monoisotopic (exact) mass is 708 g/mol. The van der Waals surface area contributed by atoms with E-state index in [1.807, 2.05) is 62.4 Å². The number of benzene rings is 3. The quantitative estimate of drug-likeness (QED) is 0.142. The summed E-state index contributed by atoms with van der Waals surface area (Å²) in [6.07, 6.45) is 3.77. The maximum Gasteiger partial charge on any atom is 0.132 e. The van der Waals surface area contributed by atoms with Gasteiger partial charge in [-0.15, -0.1) is 22.7 Å². The van der Waals surface area contributed by atoms with Crippen molar-refractivity contribution in [1.82, 2.24) is 18.7 Å². The highest BCUT2D eigenvalue weighted by Gasteiger charge is 2.25. The summed E-state index contributed by atoms with van der Waals surface area (Å²) in [6.45, 7) is 12.7. The van der Waals surface area contributed by atoms with Crippen LogP contribution in [0.3, 0.4) is 0 Å². The first-order valence-corrected chi connectivity index (χ1v) is 19.1. The third-order valence-corrected chi connectivity index (χ3v) is 11.9. The molecule has 0 aliphatic rings. The SMILES string of the molecule is Cc1nc2c(-c3ccc(-c4ccc(CCC(C)C)cc4F)s3)c3nsnc3c(-c3ccc(-c4ccc(CCC(C)C)cc4F)s3)c2nc1C. The summed E-state index contributed by atoms with van der Waals surface area (Å²) >= 11 is 4.19. The third kappa shape index (κ3) is 6.68. The Labute approximate surface area is 298 Å². The van der Waals surface area contributed by atoms with Crippen molar-refractivity contribution in [1.29, 1.82) is 0 Å². The summed E-state index contributed by atoms with van der Waals surface area (Å²) in [4.78, 5) is 13.7. The van der Waals surface area contributed by atoms with Crippen molar-refractivity contribution >= 4 is 56.5 Å². The highest BCUT2D eigenvalue weighted by atomic mass is 32.1. The Morgan fingerprint density at radius 1 is 0.551 bits per heavy atom. The molecule has 0 spiro atoms. The average Bonchev–Trinajstić information content (AvgIpc) is 3.85. The van der Waals surface area contributed by atoms with E-state index in [2.05, 4.69) is 27.7 Å². The second kappa shape index (κ2) is 13.8. The summed E-state index contributed by atoms with van der Waals surface area (Å²) < 4.78 is 40.5. The van der Waals surface area contributed by atoms with Crippen LogP contribution in [-0.2, 0) is 12.8 Å². The minimum absolute atomic E-state index is 0.211. The van der Waals surface area contributed by atoms with E-state index in [0.717, 1.165) is 113 Å². The van der Waals surface area contributed by atoms with Crippen molar-refractivity contribution in [2.75, 3.05) is 0 Å². The number of aryl methyl sites for hydroxylation is 4. The van der Waals surface area contributed by atoms with Gasteiger partial charge in [0.15, 0.2) is 0 Å². The molecule has 0 saturated heterocycles. The van der Waals surface area contributed by atoms with E-state index in [0.29, 0.717) is 23.0 Å². The molecule has 49 heavy (non-hydrogen) atoms. The Hall–Kier alpha value is -3.92. The van der Waals surface area contributed by atoms with Crippen molar-refractivity contribution in [3.8, 4) is 41.8 Å². The fraction of sp³-hybridized carbons (Fsp3) is 0.300. The van der Waals surface area contributed by atoms with Gasteiger partial charge in [0.05, 0.1) is 23.1 Å². The Morgan fingerprint density at radius 3 is 1.35 bits per heavy atom. The van der Waals surface area contributed by atoms with E-state index in [1.165, 1.54) is 22.7 Å². The minimum Gasteiger partial charge on any atom is -0.249 e. The predicted molar refractivity (Wildman–Crippen MR) is 204 cm³/mol. The summed E-state index contributed by atoms with van der Waals surface area (Å²) in [5.41, 5.74) is 9.49. The van der Waals surface area contributed by atoms with Crippen LogP contribution in [0.2, 0.25) is 0 Å². The van der Waals surface area contributed by atoms with Gasteiger partial charge in [-0.1, -0.05) is 52.0 Å². The lowest BCUT2D eigenvalue weighted by Gasteiger charge is -2.12. The largest absolute Gasteiger partial charge is 0.249 e. The second-order valence-electron chi connectivity index (χ2n) is 13.6. The van der Waals surface area contributed by atoms with Crippen molar-refractivity contribution in [2.24, 2.45) is 11.8 Å². The molecule has 0 aliphatic heterocycles. The van der Waals surface area contributed by atoms with Gasteiger partial charge in [0.2, 0.25) is 0 Å². The van der Waals surface area contributed by atoms with E-state index in [4.69, 9.17) is 18.7 Å². The van der Waals surface area contributed by atoms with Crippen LogP contribution < -0.4 is 0 Å². The van der Waals surface area contributed by atoms with Crippen LogP contribution in [0.4, 0.5) is 8.78 Å². The molecule has 3 aromatic carbocycles. The third-order valence-electron chi connectivity index (χ3n) is 9.07. The summed E-state index contributed by atoms with van der Waals surface area (Å²) in [5, 5.41) is 0. The molecule has 0 atom stereocenters. The first kappa shape index (κ1) is 33.6. The molecule has 4 aromatic heterocycles. The molecular weight excluding hydrogens is 671 g/mol. The fourth-order valence-corrected chi connectivity index (χ4v) is 8.85. The number of rotatable bonds is 10. The Morgan fingerprint density at radius 2 is 0.959 bits per heavy atom. The minimum atomic E-state index is -0.211. The molecule has 0 amide bonds. The smallest absolute Gasteiger partial charge is 0.132 e. The molecule has 4 heterocycles. The number of hydrogen-bond acceptors (Lipinski definition) is 7. The highest BCUT2D eigenvalue weighted by Crippen LogP contribution is 2.47. The normalized spacial score (nSPS) is 12.0. The molecule has 7 aromatic rings. The number of aromatic nitrogens is 4. The number of thiophene rings is 2. The van der Waals surface area contributed by atoms with Gasteiger partial charge in [0, 0.05) is 41.8 Å². The van der Waals surface area contributed by atoms with Gasteiger partial charge in [0.1, 0.15) is 33.7 Å². The van der Waals surface area contributed by atoms with E-state index < -0.39 is 0 Å². The molecule has 0 saturated carbocycles. The number of halogens is 2. The van der Waals surface area contributed by atoms with Gasteiger partial charge >= 0.3 is 0 Å². The molecule has 0 aliphatic carbocycles. The van der Waals surface area contributed by atoms with Gasteiger partial charge in [-0.25, -0.2) is 18.7 Å². The molecule has 0 fully saturated rings. The van der Waals surface area contributed by atoms with Crippen molar-refractivity contribution in [3.63, 3.8) is 0 Å². The van der Waals surface area contributed by atoms with Crippen LogP contribution in [0.15, 0.2) is 60.7 Å². The molecule has 9 heteroatoms. The summed E-state index contributed by atoms with van der Waals surface area (Å²) in [5.74, 6) is 0.712. The fourth-order valence-electron chi connectivity index (χ4n) is 6.13. The van der Waals surface area contributed by atoms with Crippen LogP contribution in [0, 0.1) is 37.3 Å². The van der Waals surface area contributed by atoms with E-state index >= 15 is 8.78 Å². The van der Waals surface area contributed by atoms with Gasteiger partial charge < -0.3 is 0 Å². The van der Waals surface area contributed by atoms with Crippen LogP contribution >= 0.6 is 34.4 Å². The molecule has 7 rings (SSSR count). The number of hydrogen-bond donors (Lipinski definition) is 0. The van der Waals surface area contributed by atoms with Gasteiger partial charge in [-0.3, -0.25) is 0 Å². The Kier molecular flexibility index (Phi) is 9.43. The van der Waals surface area contributed by atoms with Crippen molar-refractivity contribution < 1.29 is 8.78 Å². The standard InChI is InChI=1S/C40H38F2N4S3/c1-21(2)7-9-25-11-13-27(29(41)19-25)31-15-17-33(47-31)35-37-38(44-24(6)23(5)43-37)36(40-39(35)45-49-46-40)34-18-16-32(48-34)28-14-12-26(20-30(28)42)10-8-22(3)4/h11-22H,7-10H2,1-6H3. The van der Waals surface area contributed by atoms with Crippen LogP contribution in [0.25, 0.3) is 63.8 Å². The molecule has 0 unspecified atom stereocenters. The topological polar surface area (TPSA) is 51.6 Å².